The van der Waals surface area contributed by atoms with Crippen molar-refractivity contribution in [1.82, 2.24) is 0 Å². The Bertz CT molecular complexity index is 453. The monoisotopic (exact) mass is 261 g/mol. The first-order chi connectivity index (χ1) is 8.24. The highest BCUT2D eigenvalue weighted by molar-refractivity contribution is 8.17. The molecule has 0 aliphatic carbocycles. The molecule has 0 aromatic heterocycles. The van der Waals surface area contributed by atoms with Gasteiger partial charge >= 0.3 is 0 Å². The van der Waals surface area contributed by atoms with Crippen LogP contribution in [-0.4, -0.2) is 4.58 Å². The van der Waals surface area contributed by atoms with E-state index in [1.807, 2.05) is 41.7 Å². The van der Waals surface area contributed by atoms with Crippen LogP contribution >= 0.6 is 23.5 Å². The second-order valence-electron chi connectivity index (χ2n) is 3.69. The molecule has 0 radical (unpaired) electrons. The molecular formula is C14H15NS2. The van der Waals surface area contributed by atoms with E-state index in [2.05, 4.69) is 43.3 Å². The molecule has 2 aromatic carbocycles. The van der Waals surface area contributed by atoms with Crippen LogP contribution in [0, 0.1) is 0 Å². The van der Waals surface area contributed by atoms with Crippen LogP contribution in [0.15, 0.2) is 64.4 Å². The summed E-state index contributed by atoms with van der Waals surface area (Å²) in [5.41, 5.74) is 6.48. The zero-order valence-electron chi connectivity index (χ0n) is 9.67. The van der Waals surface area contributed by atoms with Gasteiger partial charge in [0.25, 0.3) is 0 Å². The van der Waals surface area contributed by atoms with Crippen molar-refractivity contribution < 1.29 is 0 Å². The summed E-state index contributed by atoms with van der Waals surface area (Å²) >= 11 is 3.73. The van der Waals surface area contributed by atoms with Crippen LogP contribution < -0.4 is 5.73 Å². The van der Waals surface area contributed by atoms with Crippen LogP contribution in [0.5, 0.6) is 0 Å². The van der Waals surface area contributed by atoms with Crippen molar-refractivity contribution in [3.8, 4) is 0 Å². The maximum atomic E-state index is 5.67. The molecule has 0 saturated carbocycles. The molecule has 2 aromatic rings. The second kappa shape index (κ2) is 6.03. The fourth-order valence-corrected chi connectivity index (χ4v) is 3.69. The lowest BCUT2D eigenvalue weighted by Gasteiger charge is -2.10. The maximum Gasteiger partial charge on any atom is 0.0568 e. The Morgan fingerprint density at radius 3 is 1.94 bits per heavy atom. The van der Waals surface area contributed by atoms with Gasteiger partial charge in [0.2, 0.25) is 0 Å². The van der Waals surface area contributed by atoms with Gasteiger partial charge in [-0.1, -0.05) is 18.2 Å². The second-order valence-corrected chi connectivity index (χ2v) is 6.81. The Labute approximate surface area is 111 Å². The van der Waals surface area contributed by atoms with Crippen molar-refractivity contribution in [1.29, 1.82) is 0 Å². The Balaban J connectivity index is 1.93. The van der Waals surface area contributed by atoms with Crippen LogP contribution in [0.3, 0.4) is 0 Å². The van der Waals surface area contributed by atoms with E-state index >= 15 is 0 Å². The van der Waals surface area contributed by atoms with E-state index in [1.165, 1.54) is 9.79 Å². The first-order valence-corrected chi connectivity index (χ1v) is 7.24. The van der Waals surface area contributed by atoms with Crippen LogP contribution in [0.1, 0.15) is 6.92 Å². The minimum Gasteiger partial charge on any atom is -0.399 e. The smallest absolute Gasteiger partial charge is 0.0568 e. The van der Waals surface area contributed by atoms with Gasteiger partial charge in [-0.3, -0.25) is 0 Å². The summed E-state index contributed by atoms with van der Waals surface area (Å²) in [5.74, 6) is 0. The van der Waals surface area contributed by atoms with Crippen molar-refractivity contribution in [2.24, 2.45) is 0 Å². The van der Waals surface area contributed by atoms with Gasteiger partial charge in [-0.25, -0.2) is 0 Å². The molecule has 0 aliphatic rings. The molecule has 0 bridgehead atoms. The average Bonchev–Trinajstić information content (AvgIpc) is 2.33. The number of thioether (sulfide) groups is 2. The highest BCUT2D eigenvalue weighted by Gasteiger charge is 2.05. The van der Waals surface area contributed by atoms with Crippen molar-refractivity contribution in [2.75, 3.05) is 5.73 Å². The van der Waals surface area contributed by atoms with Gasteiger partial charge in [-0.05, 0) is 43.3 Å². The molecule has 2 rings (SSSR count). The van der Waals surface area contributed by atoms with E-state index in [4.69, 9.17) is 5.73 Å². The fourth-order valence-electron chi connectivity index (χ4n) is 1.45. The number of hydrogen-bond donors (Lipinski definition) is 1. The quantitative estimate of drug-likeness (QED) is 0.498. The van der Waals surface area contributed by atoms with E-state index < -0.39 is 0 Å². The third-order valence-electron chi connectivity index (χ3n) is 2.23. The van der Waals surface area contributed by atoms with Gasteiger partial charge in [-0.2, -0.15) is 0 Å². The zero-order valence-corrected chi connectivity index (χ0v) is 11.3. The summed E-state index contributed by atoms with van der Waals surface area (Å²) in [6.07, 6.45) is 0. The topological polar surface area (TPSA) is 26.0 Å². The number of nitrogen functional groups attached to an aromatic ring is 1. The molecule has 0 saturated heterocycles. The lowest BCUT2D eigenvalue weighted by molar-refractivity contribution is 1.35. The first-order valence-electron chi connectivity index (χ1n) is 5.48. The number of anilines is 1. The Kier molecular flexibility index (Phi) is 4.40. The molecule has 3 heteroatoms. The van der Waals surface area contributed by atoms with Gasteiger partial charge in [-0.15, -0.1) is 23.5 Å². The molecule has 2 N–H and O–H groups in total. The molecule has 1 nitrogen and oxygen atoms in total. The van der Waals surface area contributed by atoms with Gasteiger partial charge in [0, 0.05) is 15.5 Å². The van der Waals surface area contributed by atoms with Crippen LogP contribution in [0.2, 0.25) is 0 Å². The van der Waals surface area contributed by atoms with Gasteiger partial charge in [0.05, 0.1) is 4.58 Å². The third kappa shape index (κ3) is 4.02. The summed E-state index contributed by atoms with van der Waals surface area (Å²) < 4.78 is 0.487. The molecule has 1 unspecified atom stereocenters. The molecule has 0 heterocycles. The van der Waals surface area contributed by atoms with Crippen LogP contribution in [0.25, 0.3) is 0 Å². The molecule has 88 valence electrons. The Morgan fingerprint density at radius 1 is 0.824 bits per heavy atom. The molecule has 17 heavy (non-hydrogen) atoms. The van der Waals surface area contributed by atoms with E-state index in [-0.39, 0.29) is 0 Å². The fraction of sp³-hybridized carbons (Fsp3) is 0.143. The van der Waals surface area contributed by atoms with Crippen LogP contribution in [-0.2, 0) is 0 Å². The lowest BCUT2D eigenvalue weighted by Crippen LogP contribution is -1.89. The molecule has 0 aliphatic heterocycles. The number of rotatable bonds is 4. The SMILES string of the molecule is CC(Sc1ccccc1)Sc1ccc(N)cc1. The van der Waals surface area contributed by atoms with E-state index in [0.717, 1.165) is 5.69 Å². The van der Waals surface area contributed by atoms with Crippen molar-refractivity contribution in [3.63, 3.8) is 0 Å². The Morgan fingerprint density at radius 2 is 1.35 bits per heavy atom. The van der Waals surface area contributed by atoms with Gasteiger partial charge in [0.1, 0.15) is 0 Å². The number of nitrogens with two attached hydrogens (primary N) is 1. The summed E-state index contributed by atoms with van der Waals surface area (Å²) in [5, 5.41) is 0. The molecule has 0 spiro atoms. The van der Waals surface area contributed by atoms with E-state index in [9.17, 15) is 0 Å². The Hall–Kier alpha value is -1.06. The predicted octanol–water partition coefficient (Wildman–Crippen LogP) is 4.50. The van der Waals surface area contributed by atoms with Crippen molar-refractivity contribution >= 4 is 29.2 Å². The minimum atomic E-state index is 0.487. The molecule has 0 amide bonds. The van der Waals surface area contributed by atoms with Gasteiger partial charge < -0.3 is 5.73 Å². The van der Waals surface area contributed by atoms with Crippen LogP contribution in [0.4, 0.5) is 5.69 Å². The standard InChI is InChI=1S/C14H15NS2/c1-11(16-13-5-3-2-4-6-13)17-14-9-7-12(15)8-10-14/h2-11H,15H2,1H3. The summed E-state index contributed by atoms with van der Waals surface area (Å²) in [6.45, 7) is 2.22. The average molecular weight is 261 g/mol. The minimum absolute atomic E-state index is 0.487. The first kappa shape index (κ1) is 12.4. The highest BCUT2D eigenvalue weighted by atomic mass is 32.2. The molecule has 0 fully saturated rings. The number of benzene rings is 2. The normalized spacial score (nSPS) is 12.3. The molecular weight excluding hydrogens is 246 g/mol. The largest absolute Gasteiger partial charge is 0.399 e. The molecule has 1 atom stereocenters. The lowest BCUT2D eigenvalue weighted by atomic mass is 10.3. The van der Waals surface area contributed by atoms with Gasteiger partial charge in [0.15, 0.2) is 0 Å². The summed E-state index contributed by atoms with van der Waals surface area (Å²) in [7, 11) is 0. The third-order valence-corrected chi connectivity index (χ3v) is 4.56. The highest BCUT2D eigenvalue weighted by Crippen LogP contribution is 2.35. The predicted molar refractivity (Wildman–Crippen MR) is 78.5 cm³/mol. The summed E-state index contributed by atoms with van der Waals surface area (Å²) in [6, 6.07) is 18.5. The van der Waals surface area contributed by atoms with Crippen molar-refractivity contribution in [2.45, 2.75) is 21.3 Å². The zero-order chi connectivity index (χ0) is 12.1. The van der Waals surface area contributed by atoms with E-state index in [0.29, 0.717) is 4.58 Å². The summed E-state index contributed by atoms with van der Waals surface area (Å²) in [4.78, 5) is 2.57. The van der Waals surface area contributed by atoms with E-state index in [1.54, 1.807) is 0 Å². The maximum absolute atomic E-state index is 5.67. The van der Waals surface area contributed by atoms with Crippen molar-refractivity contribution in [3.05, 3.63) is 54.6 Å². The number of hydrogen-bond acceptors (Lipinski definition) is 3.